The summed E-state index contributed by atoms with van der Waals surface area (Å²) in [7, 11) is 0. The van der Waals surface area contributed by atoms with E-state index in [1.807, 2.05) is 19.9 Å². The Balaban J connectivity index is 2.01. The van der Waals surface area contributed by atoms with Crippen molar-refractivity contribution in [2.45, 2.75) is 33.2 Å². The number of urea groups is 1. The molecule has 0 bridgehead atoms. The van der Waals surface area contributed by atoms with Crippen molar-refractivity contribution in [1.29, 1.82) is 0 Å². The molecule has 2 aromatic rings. The van der Waals surface area contributed by atoms with Crippen molar-refractivity contribution >= 4 is 46.0 Å². The van der Waals surface area contributed by atoms with Crippen LogP contribution in [0.5, 0.6) is 0 Å². The fourth-order valence-electron chi connectivity index (χ4n) is 2.45. The molecule has 11 heteroatoms. The molecule has 1 heterocycles. The molecule has 3 amide bonds. The molecule has 0 fully saturated rings. The number of anilines is 1. The minimum absolute atomic E-state index is 0.154. The van der Waals surface area contributed by atoms with E-state index in [9.17, 15) is 14.4 Å². The maximum atomic E-state index is 12.8. The summed E-state index contributed by atoms with van der Waals surface area (Å²) in [6.45, 7) is 5.36. The van der Waals surface area contributed by atoms with Crippen LogP contribution in [-0.4, -0.2) is 47.3 Å². The largest absolute Gasteiger partial charge is 0.465 e. The lowest BCUT2D eigenvalue weighted by Gasteiger charge is -2.23. The number of aromatic nitrogens is 2. The Morgan fingerprint density at radius 2 is 2.00 bits per heavy atom. The van der Waals surface area contributed by atoms with E-state index in [1.54, 1.807) is 25.1 Å². The van der Waals surface area contributed by atoms with E-state index in [0.29, 0.717) is 21.6 Å². The molecule has 0 radical (unpaired) electrons. The summed E-state index contributed by atoms with van der Waals surface area (Å²) in [4.78, 5) is 36.2. The predicted octanol–water partition coefficient (Wildman–Crippen LogP) is 3.07. The molecule has 2 rings (SSSR count). The van der Waals surface area contributed by atoms with E-state index in [0.717, 1.165) is 5.56 Å². The van der Waals surface area contributed by atoms with Gasteiger partial charge in [0.25, 0.3) is 0 Å². The smallest absolute Gasteiger partial charge is 0.325 e. The normalized spacial score (nSPS) is 12.5. The van der Waals surface area contributed by atoms with Gasteiger partial charge in [0, 0.05) is 10.6 Å². The second kappa shape index (κ2) is 11.5. The SMILES string of the molecule is CCOC(=O)CNC(=O)NC(C(=O)Nc1nnc(-c2cccc(Cl)c2)s1)C(C)CC. The summed E-state index contributed by atoms with van der Waals surface area (Å²) in [6, 6.07) is 5.69. The molecule has 2 unspecified atom stereocenters. The molecular weight excluding hydrogens is 430 g/mol. The van der Waals surface area contributed by atoms with E-state index in [2.05, 4.69) is 26.1 Å². The van der Waals surface area contributed by atoms with Gasteiger partial charge in [-0.15, -0.1) is 10.2 Å². The van der Waals surface area contributed by atoms with Gasteiger partial charge in [0.15, 0.2) is 0 Å². The van der Waals surface area contributed by atoms with Crippen LogP contribution >= 0.6 is 22.9 Å². The summed E-state index contributed by atoms with van der Waals surface area (Å²) in [5.74, 6) is -1.14. The molecule has 0 saturated carbocycles. The number of carbonyl (C=O) groups is 3. The Morgan fingerprint density at radius 3 is 2.67 bits per heavy atom. The first kappa shape index (κ1) is 23.6. The van der Waals surface area contributed by atoms with Crippen LogP contribution < -0.4 is 16.0 Å². The maximum absolute atomic E-state index is 12.8. The highest BCUT2D eigenvalue weighted by molar-refractivity contribution is 7.18. The Hall–Kier alpha value is -2.72. The molecule has 0 saturated heterocycles. The monoisotopic (exact) mass is 453 g/mol. The van der Waals surface area contributed by atoms with Gasteiger partial charge >= 0.3 is 12.0 Å². The van der Waals surface area contributed by atoms with E-state index in [4.69, 9.17) is 16.3 Å². The number of hydrogen-bond acceptors (Lipinski definition) is 7. The first-order chi connectivity index (χ1) is 14.3. The average Bonchev–Trinajstić information content (AvgIpc) is 3.18. The van der Waals surface area contributed by atoms with Crippen molar-refractivity contribution in [2.24, 2.45) is 5.92 Å². The number of ether oxygens (including phenoxy) is 1. The van der Waals surface area contributed by atoms with Crippen LogP contribution in [0.1, 0.15) is 27.2 Å². The number of halogens is 1. The number of benzene rings is 1. The first-order valence-corrected chi connectivity index (χ1v) is 10.6. The van der Waals surface area contributed by atoms with Crippen LogP contribution in [0.25, 0.3) is 10.6 Å². The third kappa shape index (κ3) is 6.96. The lowest BCUT2D eigenvalue weighted by Crippen LogP contribution is -2.51. The van der Waals surface area contributed by atoms with Gasteiger partial charge < -0.3 is 15.4 Å². The summed E-state index contributed by atoms with van der Waals surface area (Å²) in [5, 5.41) is 17.2. The summed E-state index contributed by atoms with van der Waals surface area (Å²) < 4.78 is 4.76. The van der Waals surface area contributed by atoms with Crippen molar-refractivity contribution in [3.63, 3.8) is 0 Å². The Morgan fingerprint density at radius 1 is 1.23 bits per heavy atom. The molecule has 3 N–H and O–H groups in total. The first-order valence-electron chi connectivity index (χ1n) is 9.44. The zero-order valence-corrected chi connectivity index (χ0v) is 18.5. The molecule has 1 aromatic carbocycles. The van der Waals surface area contributed by atoms with Gasteiger partial charge in [-0.1, -0.05) is 55.3 Å². The zero-order valence-electron chi connectivity index (χ0n) is 16.9. The third-order valence-electron chi connectivity index (χ3n) is 4.21. The van der Waals surface area contributed by atoms with Gasteiger partial charge in [0.05, 0.1) is 6.61 Å². The molecule has 162 valence electrons. The van der Waals surface area contributed by atoms with Crippen molar-refractivity contribution in [3.05, 3.63) is 29.3 Å². The predicted molar refractivity (Wildman–Crippen MR) is 115 cm³/mol. The zero-order chi connectivity index (χ0) is 22.1. The number of hydrogen-bond donors (Lipinski definition) is 3. The Kier molecular flexibility index (Phi) is 9.00. The topological polar surface area (TPSA) is 122 Å². The van der Waals surface area contributed by atoms with Gasteiger partial charge in [-0.05, 0) is 25.0 Å². The number of nitrogens with one attached hydrogen (secondary N) is 3. The van der Waals surface area contributed by atoms with Gasteiger partial charge in [-0.3, -0.25) is 14.9 Å². The Bertz CT molecular complexity index is 891. The molecule has 0 aliphatic heterocycles. The van der Waals surface area contributed by atoms with E-state index < -0.39 is 23.9 Å². The van der Waals surface area contributed by atoms with Crippen LogP contribution in [0, 0.1) is 5.92 Å². The van der Waals surface area contributed by atoms with Gasteiger partial charge in [-0.25, -0.2) is 4.79 Å². The van der Waals surface area contributed by atoms with Crippen LogP contribution in [0.15, 0.2) is 24.3 Å². The second-order valence-electron chi connectivity index (χ2n) is 6.41. The average molecular weight is 454 g/mol. The number of amides is 3. The Labute approximate surface area is 183 Å². The molecule has 9 nitrogen and oxygen atoms in total. The molecule has 0 spiro atoms. The van der Waals surface area contributed by atoms with Crippen LogP contribution in [0.3, 0.4) is 0 Å². The molecule has 0 aliphatic carbocycles. The number of carbonyl (C=O) groups excluding carboxylic acids is 3. The third-order valence-corrected chi connectivity index (χ3v) is 5.33. The molecule has 0 aliphatic rings. The number of nitrogens with zero attached hydrogens (tertiary/aromatic N) is 2. The quantitative estimate of drug-likeness (QED) is 0.501. The van der Waals surface area contributed by atoms with Gasteiger partial charge in [0.2, 0.25) is 11.0 Å². The number of rotatable bonds is 9. The van der Waals surface area contributed by atoms with Crippen LogP contribution in [0.4, 0.5) is 9.93 Å². The van der Waals surface area contributed by atoms with E-state index >= 15 is 0 Å². The summed E-state index contributed by atoms with van der Waals surface area (Å²) >= 11 is 7.20. The van der Waals surface area contributed by atoms with Crippen molar-refractivity contribution in [3.8, 4) is 10.6 Å². The van der Waals surface area contributed by atoms with Crippen molar-refractivity contribution in [2.75, 3.05) is 18.5 Å². The molecule has 30 heavy (non-hydrogen) atoms. The van der Waals surface area contributed by atoms with Gasteiger partial charge in [0.1, 0.15) is 17.6 Å². The molecule has 1 aromatic heterocycles. The van der Waals surface area contributed by atoms with Crippen molar-refractivity contribution in [1.82, 2.24) is 20.8 Å². The number of esters is 1. The lowest BCUT2D eigenvalue weighted by atomic mass is 9.98. The fourth-order valence-corrected chi connectivity index (χ4v) is 3.39. The summed E-state index contributed by atoms with van der Waals surface area (Å²) in [6.07, 6.45) is 0.653. The maximum Gasteiger partial charge on any atom is 0.325 e. The van der Waals surface area contributed by atoms with Crippen LogP contribution in [-0.2, 0) is 14.3 Å². The summed E-state index contributed by atoms with van der Waals surface area (Å²) in [5.41, 5.74) is 0.787. The van der Waals surface area contributed by atoms with Crippen molar-refractivity contribution < 1.29 is 19.1 Å². The van der Waals surface area contributed by atoms with Gasteiger partial charge in [-0.2, -0.15) is 0 Å². The van der Waals surface area contributed by atoms with Crippen LogP contribution in [0.2, 0.25) is 5.02 Å². The highest BCUT2D eigenvalue weighted by atomic mass is 35.5. The van der Waals surface area contributed by atoms with E-state index in [1.165, 1.54) is 11.3 Å². The second-order valence-corrected chi connectivity index (χ2v) is 7.82. The molecular formula is C19H24ClN5O4S. The minimum Gasteiger partial charge on any atom is -0.465 e. The fraction of sp³-hybridized carbons (Fsp3) is 0.421. The van der Waals surface area contributed by atoms with E-state index in [-0.39, 0.29) is 19.1 Å². The standard InChI is InChI=1S/C19H24ClN5O4S/c1-4-11(3)15(22-18(28)21-10-14(26)29-5-2)16(27)23-19-25-24-17(30-19)12-7-6-8-13(20)9-12/h6-9,11,15H,4-5,10H2,1-3H3,(H2,21,22,28)(H,23,25,27). The minimum atomic E-state index is -0.823. The highest BCUT2D eigenvalue weighted by Crippen LogP contribution is 2.28. The molecule has 2 atom stereocenters. The highest BCUT2D eigenvalue weighted by Gasteiger charge is 2.27. The lowest BCUT2D eigenvalue weighted by molar-refractivity contribution is -0.141.